The van der Waals surface area contributed by atoms with E-state index in [4.69, 9.17) is 23.2 Å². The van der Waals surface area contributed by atoms with E-state index in [0.29, 0.717) is 38.3 Å². The fourth-order valence-electron chi connectivity index (χ4n) is 2.45. The van der Waals surface area contributed by atoms with Crippen molar-refractivity contribution in [3.63, 3.8) is 0 Å². The summed E-state index contributed by atoms with van der Waals surface area (Å²) >= 11 is 13.0. The monoisotopic (exact) mass is 419 g/mol. The molecule has 0 atom stereocenters. The Morgan fingerprint density at radius 1 is 1.22 bits per heavy atom. The molecule has 3 rings (SSSR count). The number of carbonyl (C=O) groups excluding carboxylic acids is 1. The molecule has 1 N–H and O–H groups in total. The maximum absolute atomic E-state index is 12.7. The molecule has 2 aromatic carbocycles. The number of nitrogens with zero attached hydrogens (tertiary/aromatic N) is 2. The van der Waals surface area contributed by atoms with E-state index in [2.05, 4.69) is 16.9 Å². The molecule has 0 unspecified atom stereocenters. The summed E-state index contributed by atoms with van der Waals surface area (Å²) in [6.07, 6.45) is 1.62. The number of hydrogen-bond acceptors (Lipinski definition) is 4. The van der Waals surface area contributed by atoms with Gasteiger partial charge >= 0.3 is 0 Å². The quantitative estimate of drug-likeness (QED) is 0.359. The maximum Gasteiger partial charge on any atom is 0.262 e. The predicted octanol–water partition coefficient (Wildman–Crippen LogP) is 4.62. The number of aromatic nitrogens is 2. The standard InChI is InChI=1S/C19H15Cl2N3O2S/c1-2-9-24-18(26)13-5-3-4-6-16(13)23-19(24)27-11-17(25)22-12-7-8-14(20)15(21)10-12/h2-8,10H,1,9,11H2,(H,22,25). The van der Waals surface area contributed by atoms with Gasteiger partial charge in [-0.2, -0.15) is 0 Å². The lowest BCUT2D eigenvalue weighted by Crippen LogP contribution is -2.23. The number of nitrogens with one attached hydrogen (secondary N) is 1. The van der Waals surface area contributed by atoms with Crippen LogP contribution < -0.4 is 10.9 Å². The van der Waals surface area contributed by atoms with Crippen LogP contribution in [0.25, 0.3) is 10.9 Å². The normalized spacial score (nSPS) is 10.7. The number of fused-ring (bicyclic) bond motifs is 1. The highest BCUT2D eigenvalue weighted by Crippen LogP contribution is 2.25. The number of carbonyl (C=O) groups is 1. The maximum atomic E-state index is 12.7. The van der Waals surface area contributed by atoms with Gasteiger partial charge in [0.05, 0.1) is 26.7 Å². The van der Waals surface area contributed by atoms with Crippen molar-refractivity contribution in [2.24, 2.45) is 0 Å². The van der Waals surface area contributed by atoms with Gasteiger partial charge in [-0.1, -0.05) is 53.2 Å². The average Bonchev–Trinajstić information content (AvgIpc) is 2.66. The molecule has 3 aromatic rings. The molecule has 0 fully saturated rings. The second-order valence-electron chi connectivity index (χ2n) is 5.58. The lowest BCUT2D eigenvalue weighted by Gasteiger charge is -2.11. The number of benzene rings is 2. The van der Waals surface area contributed by atoms with Gasteiger partial charge in [0.25, 0.3) is 5.56 Å². The molecule has 1 amide bonds. The molecule has 0 spiro atoms. The molecule has 27 heavy (non-hydrogen) atoms. The number of rotatable bonds is 6. The first-order chi connectivity index (χ1) is 13.0. The number of hydrogen-bond donors (Lipinski definition) is 1. The molecule has 138 valence electrons. The van der Waals surface area contributed by atoms with Crippen molar-refractivity contribution >= 4 is 57.5 Å². The predicted molar refractivity (Wildman–Crippen MR) is 112 cm³/mol. The van der Waals surface area contributed by atoms with Gasteiger partial charge in [0, 0.05) is 12.2 Å². The average molecular weight is 420 g/mol. The van der Waals surface area contributed by atoms with E-state index in [9.17, 15) is 9.59 Å². The first-order valence-electron chi connectivity index (χ1n) is 7.98. The molecule has 8 heteroatoms. The SMILES string of the molecule is C=CCn1c(SCC(=O)Nc2ccc(Cl)c(Cl)c2)nc2ccccc2c1=O. The topological polar surface area (TPSA) is 64.0 Å². The smallest absolute Gasteiger partial charge is 0.262 e. The largest absolute Gasteiger partial charge is 0.325 e. The van der Waals surface area contributed by atoms with E-state index in [0.717, 1.165) is 0 Å². The van der Waals surface area contributed by atoms with Crippen molar-refractivity contribution in [1.82, 2.24) is 9.55 Å². The third-order valence-electron chi connectivity index (χ3n) is 3.67. The highest BCUT2D eigenvalue weighted by molar-refractivity contribution is 7.99. The molecule has 0 aliphatic rings. The van der Waals surface area contributed by atoms with Gasteiger partial charge in [0.2, 0.25) is 5.91 Å². The van der Waals surface area contributed by atoms with Gasteiger partial charge < -0.3 is 5.32 Å². The van der Waals surface area contributed by atoms with E-state index in [1.165, 1.54) is 16.3 Å². The van der Waals surface area contributed by atoms with E-state index < -0.39 is 0 Å². The molecule has 0 radical (unpaired) electrons. The first kappa shape index (κ1) is 19.5. The number of anilines is 1. The molecule has 0 bridgehead atoms. The summed E-state index contributed by atoms with van der Waals surface area (Å²) in [5.41, 5.74) is 0.980. The second kappa shape index (κ2) is 8.61. The van der Waals surface area contributed by atoms with Crippen molar-refractivity contribution in [3.05, 3.63) is 75.5 Å². The third-order valence-corrected chi connectivity index (χ3v) is 5.39. The summed E-state index contributed by atoms with van der Waals surface area (Å²) in [5.74, 6) is -0.159. The summed E-state index contributed by atoms with van der Waals surface area (Å²) in [7, 11) is 0. The molecule has 5 nitrogen and oxygen atoms in total. The molecule has 0 aliphatic carbocycles. The zero-order valence-corrected chi connectivity index (χ0v) is 16.4. The van der Waals surface area contributed by atoms with Crippen LogP contribution in [0.5, 0.6) is 0 Å². The van der Waals surface area contributed by atoms with E-state index in [1.807, 2.05) is 6.07 Å². The summed E-state index contributed by atoms with van der Waals surface area (Å²) in [5, 5.41) is 4.51. The van der Waals surface area contributed by atoms with Gasteiger partial charge in [-0.05, 0) is 30.3 Å². The Kier molecular flexibility index (Phi) is 6.21. The van der Waals surface area contributed by atoms with Crippen molar-refractivity contribution < 1.29 is 4.79 Å². The lowest BCUT2D eigenvalue weighted by molar-refractivity contribution is -0.113. The van der Waals surface area contributed by atoms with Gasteiger partial charge in [-0.3, -0.25) is 14.2 Å². The highest BCUT2D eigenvalue weighted by Gasteiger charge is 2.13. The first-order valence-corrected chi connectivity index (χ1v) is 9.72. The van der Waals surface area contributed by atoms with Crippen LogP contribution >= 0.6 is 35.0 Å². The van der Waals surface area contributed by atoms with Gasteiger partial charge in [0.15, 0.2) is 5.16 Å². The van der Waals surface area contributed by atoms with Crippen LogP contribution in [0.3, 0.4) is 0 Å². The van der Waals surface area contributed by atoms with Gasteiger partial charge in [-0.25, -0.2) is 4.98 Å². The lowest BCUT2D eigenvalue weighted by atomic mass is 10.2. The minimum atomic E-state index is -0.244. The summed E-state index contributed by atoms with van der Waals surface area (Å²) < 4.78 is 1.51. The van der Waals surface area contributed by atoms with Crippen LogP contribution in [0.4, 0.5) is 5.69 Å². The van der Waals surface area contributed by atoms with Crippen molar-refractivity contribution in [2.45, 2.75) is 11.7 Å². The molecule has 1 heterocycles. The molecular weight excluding hydrogens is 405 g/mol. The molecule has 0 aliphatic heterocycles. The van der Waals surface area contributed by atoms with E-state index >= 15 is 0 Å². The Morgan fingerprint density at radius 3 is 2.74 bits per heavy atom. The van der Waals surface area contributed by atoms with Crippen molar-refractivity contribution in [1.29, 1.82) is 0 Å². The van der Waals surface area contributed by atoms with Crippen LogP contribution in [-0.2, 0) is 11.3 Å². The number of amides is 1. The Bertz CT molecular complexity index is 1080. The minimum absolute atomic E-state index is 0.0855. The van der Waals surface area contributed by atoms with Crippen LogP contribution in [-0.4, -0.2) is 21.2 Å². The Hall–Kier alpha value is -2.28. The minimum Gasteiger partial charge on any atom is -0.325 e. The number of halogens is 2. The van der Waals surface area contributed by atoms with Crippen molar-refractivity contribution in [2.75, 3.05) is 11.1 Å². The Labute approximate surface area is 170 Å². The fourth-order valence-corrected chi connectivity index (χ4v) is 3.56. The number of allylic oxidation sites excluding steroid dienone is 1. The third kappa shape index (κ3) is 4.53. The molecule has 0 saturated carbocycles. The van der Waals surface area contributed by atoms with Crippen molar-refractivity contribution in [3.8, 4) is 0 Å². The zero-order valence-electron chi connectivity index (χ0n) is 14.1. The molecule has 0 saturated heterocycles. The summed E-state index contributed by atoms with van der Waals surface area (Å²) in [6.45, 7) is 4.00. The van der Waals surface area contributed by atoms with E-state index in [1.54, 1.807) is 42.5 Å². The van der Waals surface area contributed by atoms with Crippen LogP contribution in [0.1, 0.15) is 0 Å². The van der Waals surface area contributed by atoms with Gasteiger partial charge in [0.1, 0.15) is 0 Å². The molecule has 1 aromatic heterocycles. The number of thioether (sulfide) groups is 1. The summed E-state index contributed by atoms with van der Waals surface area (Å²) in [6, 6.07) is 12.0. The fraction of sp³-hybridized carbons (Fsp3) is 0.105. The number of para-hydroxylation sites is 1. The van der Waals surface area contributed by atoms with Crippen LogP contribution in [0.2, 0.25) is 10.0 Å². The Morgan fingerprint density at radius 2 is 2.00 bits per heavy atom. The zero-order chi connectivity index (χ0) is 19.4. The van der Waals surface area contributed by atoms with Crippen LogP contribution in [0.15, 0.2) is 65.1 Å². The highest BCUT2D eigenvalue weighted by atomic mass is 35.5. The summed E-state index contributed by atoms with van der Waals surface area (Å²) in [4.78, 5) is 29.5. The Balaban J connectivity index is 1.80. The molecular formula is C19H15Cl2N3O2S. The van der Waals surface area contributed by atoms with E-state index in [-0.39, 0.29) is 17.2 Å². The second-order valence-corrected chi connectivity index (χ2v) is 7.34. The van der Waals surface area contributed by atoms with Crippen LogP contribution in [0, 0.1) is 0 Å². The van der Waals surface area contributed by atoms with Gasteiger partial charge in [-0.15, -0.1) is 6.58 Å².